The van der Waals surface area contributed by atoms with E-state index in [1.165, 1.54) is 5.56 Å². The van der Waals surface area contributed by atoms with Gasteiger partial charge in [0.2, 0.25) is 15.9 Å². The Morgan fingerprint density at radius 3 is 2.16 bits per heavy atom. The third-order valence-electron chi connectivity index (χ3n) is 4.86. The number of amides is 1. The summed E-state index contributed by atoms with van der Waals surface area (Å²) >= 11 is 0. The summed E-state index contributed by atoms with van der Waals surface area (Å²) in [5.74, 6) is 0.359. The number of sulfonamides is 1. The number of hydrogen-bond acceptors (Lipinski definition) is 4. The predicted molar refractivity (Wildman–Crippen MR) is 126 cm³/mol. The van der Waals surface area contributed by atoms with Crippen LogP contribution in [0.15, 0.2) is 48.5 Å². The number of nitrogens with zero attached hydrogens (tertiary/aromatic N) is 1. The molecular formula is C24H34N2O4S. The normalized spacial score (nSPS) is 11.8. The van der Waals surface area contributed by atoms with Crippen LogP contribution in [0.3, 0.4) is 0 Å². The van der Waals surface area contributed by atoms with E-state index in [-0.39, 0.29) is 24.4 Å². The van der Waals surface area contributed by atoms with E-state index in [2.05, 4.69) is 33.0 Å². The third-order valence-corrected chi connectivity index (χ3v) is 6.00. The average molecular weight is 447 g/mol. The van der Waals surface area contributed by atoms with Gasteiger partial charge in [-0.2, -0.15) is 0 Å². The summed E-state index contributed by atoms with van der Waals surface area (Å²) in [7, 11) is -3.60. The summed E-state index contributed by atoms with van der Waals surface area (Å²) in [5, 5.41) is 2.72. The molecule has 0 atom stereocenters. The van der Waals surface area contributed by atoms with Crippen molar-refractivity contribution in [2.45, 2.75) is 46.0 Å². The zero-order chi connectivity index (χ0) is 23.1. The van der Waals surface area contributed by atoms with Gasteiger partial charge < -0.3 is 10.1 Å². The van der Waals surface area contributed by atoms with Crippen LogP contribution in [0.2, 0.25) is 0 Å². The highest BCUT2D eigenvalue weighted by atomic mass is 32.2. The third kappa shape index (κ3) is 7.90. The second kappa shape index (κ2) is 10.7. The van der Waals surface area contributed by atoms with Crippen LogP contribution in [0, 0.1) is 0 Å². The van der Waals surface area contributed by atoms with Crippen molar-refractivity contribution < 1.29 is 17.9 Å². The van der Waals surface area contributed by atoms with Gasteiger partial charge in [-0.3, -0.25) is 9.10 Å². The van der Waals surface area contributed by atoms with Gasteiger partial charge in [0.25, 0.3) is 0 Å². The first kappa shape index (κ1) is 24.7. The van der Waals surface area contributed by atoms with Crippen LogP contribution in [0.1, 0.15) is 45.2 Å². The Labute approximate surface area is 186 Å². The fourth-order valence-electron chi connectivity index (χ4n) is 3.11. The molecule has 0 aliphatic carbocycles. The molecule has 6 nitrogen and oxygen atoms in total. The molecule has 0 spiro atoms. The highest BCUT2D eigenvalue weighted by molar-refractivity contribution is 7.92. The van der Waals surface area contributed by atoms with Crippen molar-refractivity contribution in [3.63, 3.8) is 0 Å². The first-order valence-electron chi connectivity index (χ1n) is 10.6. The lowest BCUT2D eigenvalue weighted by molar-refractivity contribution is -0.119. The minimum absolute atomic E-state index is 0.0395. The first-order valence-corrected chi connectivity index (χ1v) is 12.4. The summed E-state index contributed by atoms with van der Waals surface area (Å²) in [6.07, 6.45) is 3.23. The van der Waals surface area contributed by atoms with Gasteiger partial charge >= 0.3 is 0 Å². The topological polar surface area (TPSA) is 75.7 Å². The Hall–Kier alpha value is -2.54. The van der Waals surface area contributed by atoms with Crippen LogP contribution in [0.5, 0.6) is 5.75 Å². The minimum atomic E-state index is -3.60. The molecule has 1 amide bonds. The lowest BCUT2D eigenvalue weighted by Gasteiger charge is -2.24. The fourth-order valence-corrected chi connectivity index (χ4v) is 3.97. The van der Waals surface area contributed by atoms with Gasteiger partial charge in [0.1, 0.15) is 18.9 Å². The van der Waals surface area contributed by atoms with Crippen molar-refractivity contribution in [1.82, 2.24) is 5.32 Å². The molecule has 0 heterocycles. The Bertz CT molecular complexity index is 947. The number of anilines is 1. The molecule has 7 heteroatoms. The van der Waals surface area contributed by atoms with Crippen LogP contribution in [0.4, 0.5) is 5.69 Å². The molecule has 0 bridgehead atoms. The molecule has 0 fully saturated rings. The van der Waals surface area contributed by atoms with Gasteiger partial charge in [0.05, 0.1) is 18.5 Å². The molecule has 31 heavy (non-hydrogen) atoms. The maximum absolute atomic E-state index is 12.4. The van der Waals surface area contributed by atoms with Gasteiger partial charge in [0.15, 0.2) is 0 Å². The van der Waals surface area contributed by atoms with Gasteiger partial charge in [-0.15, -0.1) is 0 Å². The van der Waals surface area contributed by atoms with E-state index in [4.69, 9.17) is 4.74 Å². The van der Waals surface area contributed by atoms with E-state index in [1.54, 1.807) is 12.1 Å². The number of hydrogen-bond donors (Lipinski definition) is 1. The van der Waals surface area contributed by atoms with Crippen molar-refractivity contribution in [3.05, 3.63) is 59.7 Å². The Kier molecular flexibility index (Phi) is 8.51. The van der Waals surface area contributed by atoms with E-state index >= 15 is 0 Å². The van der Waals surface area contributed by atoms with E-state index in [9.17, 15) is 13.2 Å². The number of benzene rings is 2. The Morgan fingerprint density at radius 2 is 1.65 bits per heavy atom. The molecule has 1 N–H and O–H groups in total. The zero-order valence-electron chi connectivity index (χ0n) is 19.1. The van der Waals surface area contributed by atoms with Crippen LogP contribution >= 0.6 is 0 Å². The summed E-state index contributed by atoms with van der Waals surface area (Å²) in [6.45, 7) is 8.72. The number of aryl methyl sites for hydroxylation is 1. The van der Waals surface area contributed by atoms with E-state index in [1.807, 2.05) is 36.4 Å². The SMILES string of the molecule is CCCc1ccc(OCCNC(=O)CN(c2ccc(C(C)(C)C)cc2)S(C)(=O)=O)cc1. The molecule has 2 rings (SSSR count). The van der Waals surface area contributed by atoms with Crippen molar-refractivity contribution in [3.8, 4) is 5.75 Å². The van der Waals surface area contributed by atoms with Crippen LogP contribution < -0.4 is 14.4 Å². The minimum Gasteiger partial charge on any atom is -0.492 e. The Morgan fingerprint density at radius 1 is 1.03 bits per heavy atom. The molecule has 0 aliphatic rings. The second-order valence-corrected chi connectivity index (χ2v) is 10.6. The van der Waals surface area contributed by atoms with Crippen LogP contribution in [-0.4, -0.2) is 40.3 Å². The molecule has 0 unspecified atom stereocenters. The maximum atomic E-state index is 12.4. The van der Waals surface area contributed by atoms with Gasteiger partial charge in [-0.1, -0.05) is 58.4 Å². The number of carbonyl (C=O) groups is 1. The number of carbonyl (C=O) groups excluding carboxylic acids is 1. The second-order valence-electron chi connectivity index (χ2n) is 8.66. The lowest BCUT2D eigenvalue weighted by Crippen LogP contribution is -2.41. The number of rotatable bonds is 10. The average Bonchev–Trinajstić information content (AvgIpc) is 2.69. The fraction of sp³-hybridized carbons (Fsp3) is 0.458. The summed E-state index contributed by atoms with van der Waals surface area (Å²) in [4.78, 5) is 12.4. The van der Waals surface area contributed by atoms with Crippen molar-refractivity contribution >= 4 is 21.6 Å². The molecule has 170 valence electrons. The summed E-state index contributed by atoms with van der Waals surface area (Å²) in [5.41, 5.74) is 2.78. The van der Waals surface area contributed by atoms with E-state index in [0.29, 0.717) is 12.3 Å². The predicted octanol–water partition coefficient (Wildman–Crippen LogP) is 3.90. The number of ether oxygens (including phenoxy) is 1. The first-order chi connectivity index (χ1) is 14.5. The molecule has 0 aliphatic heterocycles. The van der Waals surface area contributed by atoms with Gasteiger partial charge in [0, 0.05) is 0 Å². The molecule has 2 aromatic rings. The smallest absolute Gasteiger partial charge is 0.240 e. The van der Waals surface area contributed by atoms with Crippen molar-refractivity contribution in [1.29, 1.82) is 0 Å². The van der Waals surface area contributed by atoms with Gasteiger partial charge in [-0.25, -0.2) is 8.42 Å². The highest BCUT2D eigenvalue weighted by Crippen LogP contribution is 2.25. The standard InChI is InChI=1S/C24H34N2O4S/c1-6-7-19-8-14-22(15-9-19)30-17-16-25-23(27)18-26(31(5,28)29)21-12-10-20(11-13-21)24(2,3)4/h8-15H,6-7,16-18H2,1-5H3,(H,25,27). The largest absolute Gasteiger partial charge is 0.492 e. The zero-order valence-corrected chi connectivity index (χ0v) is 20.0. The van der Waals surface area contributed by atoms with Gasteiger partial charge in [-0.05, 0) is 47.2 Å². The summed E-state index contributed by atoms with van der Waals surface area (Å²) < 4.78 is 31.3. The van der Waals surface area contributed by atoms with Crippen LogP contribution in [-0.2, 0) is 26.7 Å². The van der Waals surface area contributed by atoms with E-state index in [0.717, 1.165) is 34.7 Å². The monoisotopic (exact) mass is 446 g/mol. The summed E-state index contributed by atoms with van der Waals surface area (Å²) in [6, 6.07) is 15.2. The molecule has 2 aromatic carbocycles. The highest BCUT2D eigenvalue weighted by Gasteiger charge is 2.21. The van der Waals surface area contributed by atoms with Crippen LogP contribution in [0.25, 0.3) is 0 Å². The lowest BCUT2D eigenvalue weighted by atomic mass is 9.87. The molecule has 0 radical (unpaired) electrons. The molecule has 0 saturated heterocycles. The van der Waals surface area contributed by atoms with Crippen molar-refractivity contribution in [2.75, 3.05) is 30.3 Å². The molecule has 0 aromatic heterocycles. The Balaban J connectivity index is 1.90. The maximum Gasteiger partial charge on any atom is 0.240 e. The molecule has 0 saturated carbocycles. The molecular weight excluding hydrogens is 412 g/mol. The van der Waals surface area contributed by atoms with Crippen molar-refractivity contribution in [2.24, 2.45) is 0 Å². The quantitative estimate of drug-likeness (QED) is 0.562. The number of nitrogens with one attached hydrogen (secondary N) is 1. The van der Waals surface area contributed by atoms with E-state index < -0.39 is 10.0 Å².